The topological polar surface area (TPSA) is 55.2 Å². The molecule has 0 amide bonds. The molecule has 0 fully saturated rings. The lowest BCUT2D eigenvalue weighted by atomic mass is 10.4. The molecule has 0 spiro atoms. The van der Waals surface area contributed by atoms with E-state index >= 15 is 0 Å². The van der Waals surface area contributed by atoms with Crippen molar-refractivity contribution in [2.75, 3.05) is 7.05 Å². The summed E-state index contributed by atoms with van der Waals surface area (Å²) in [5.41, 5.74) is 0. The van der Waals surface area contributed by atoms with E-state index in [9.17, 15) is 8.42 Å². The summed E-state index contributed by atoms with van der Waals surface area (Å²) >= 11 is 7.18. The molecule has 5 nitrogen and oxygen atoms in total. The molecule has 0 saturated heterocycles. The number of thiophene rings is 1. The smallest absolute Gasteiger partial charge is 0.244 e. The summed E-state index contributed by atoms with van der Waals surface area (Å²) in [6.07, 6.45) is 3.44. The van der Waals surface area contributed by atoms with Crippen LogP contribution in [0.2, 0.25) is 0 Å². The Bertz CT molecular complexity index is 706. The third kappa shape index (κ3) is 2.90. The highest BCUT2D eigenvalue weighted by atomic mass is 35.5. The van der Waals surface area contributed by atoms with Crippen molar-refractivity contribution in [2.24, 2.45) is 7.05 Å². The predicted molar refractivity (Wildman–Crippen MR) is 80.5 cm³/mol. The van der Waals surface area contributed by atoms with Gasteiger partial charge in [-0.3, -0.25) is 0 Å². The first kappa shape index (κ1) is 15.5. The molecule has 2 heterocycles. The van der Waals surface area contributed by atoms with E-state index < -0.39 is 10.0 Å². The molecule has 0 unspecified atom stereocenters. The Morgan fingerprint density at radius 1 is 1.50 bits per heavy atom. The van der Waals surface area contributed by atoms with E-state index in [2.05, 4.69) is 4.98 Å². The predicted octanol–water partition coefficient (Wildman–Crippen LogP) is 2.35. The average Bonchev–Trinajstić information content (AvgIpc) is 2.96. The Hall–Kier alpha value is -0.890. The summed E-state index contributed by atoms with van der Waals surface area (Å²) in [7, 11) is -0.125. The second-order valence-corrected chi connectivity index (χ2v) is 8.10. The maximum Gasteiger partial charge on any atom is 0.244 e. The zero-order valence-electron chi connectivity index (χ0n) is 11.5. The van der Waals surface area contributed by atoms with Crippen molar-refractivity contribution in [1.29, 1.82) is 0 Å². The summed E-state index contributed by atoms with van der Waals surface area (Å²) in [5.74, 6) is 1.02. The summed E-state index contributed by atoms with van der Waals surface area (Å²) in [4.78, 5) is 6.09. The lowest BCUT2D eigenvalue weighted by molar-refractivity contribution is 0.451. The molecule has 8 heteroatoms. The number of imidazole rings is 1. The first-order valence-electron chi connectivity index (χ1n) is 5.94. The number of hydrogen-bond acceptors (Lipinski definition) is 4. The van der Waals surface area contributed by atoms with E-state index in [4.69, 9.17) is 11.6 Å². The van der Waals surface area contributed by atoms with Gasteiger partial charge in [0.1, 0.15) is 5.82 Å². The van der Waals surface area contributed by atoms with Crippen molar-refractivity contribution >= 4 is 33.0 Å². The number of halogens is 1. The van der Waals surface area contributed by atoms with Crippen LogP contribution < -0.4 is 0 Å². The molecule has 2 aromatic rings. The van der Waals surface area contributed by atoms with E-state index in [1.807, 2.05) is 7.05 Å². The molecule has 110 valence electrons. The molecule has 0 N–H and O–H groups in total. The highest BCUT2D eigenvalue weighted by Crippen LogP contribution is 2.29. The minimum atomic E-state index is -3.52. The van der Waals surface area contributed by atoms with Crippen molar-refractivity contribution in [2.45, 2.75) is 24.2 Å². The van der Waals surface area contributed by atoms with E-state index in [1.54, 1.807) is 37.0 Å². The van der Waals surface area contributed by atoms with Crippen LogP contribution in [0.5, 0.6) is 0 Å². The van der Waals surface area contributed by atoms with E-state index in [0.29, 0.717) is 16.6 Å². The number of aryl methyl sites for hydroxylation is 2. The van der Waals surface area contributed by atoms with Gasteiger partial charge in [0, 0.05) is 36.2 Å². The van der Waals surface area contributed by atoms with Crippen LogP contribution in [0.1, 0.15) is 15.6 Å². The quantitative estimate of drug-likeness (QED) is 0.789. The second kappa shape index (κ2) is 5.85. The van der Waals surface area contributed by atoms with Crippen molar-refractivity contribution < 1.29 is 8.42 Å². The normalized spacial score (nSPS) is 12.2. The van der Waals surface area contributed by atoms with E-state index in [1.165, 1.54) is 15.6 Å². The zero-order valence-corrected chi connectivity index (χ0v) is 13.9. The Kier molecular flexibility index (Phi) is 4.53. The van der Waals surface area contributed by atoms with Gasteiger partial charge in [0.15, 0.2) is 0 Å². The highest BCUT2D eigenvalue weighted by Gasteiger charge is 2.25. The van der Waals surface area contributed by atoms with Crippen LogP contribution in [-0.2, 0) is 29.5 Å². The van der Waals surface area contributed by atoms with Crippen molar-refractivity contribution in [1.82, 2.24) is 13.9 Å². The second-order valence-electron chi connectivity index (χ2n) is 4.48. The monoisotopic (exact) mass is 333 g/mol. The fraction of sp³-hybridized carbons (Fsp3) is 0.417. The maximum atomic E-state index is 12.6. The molecule has 0 radical (unpaired) electrons. The van der Waals surface area contributed by atoms with Gasteiger partial charge in [-0.25, -0.2) is 13.4 Å². The standard InChI is InChI=1S/C12H16ClN3O2S2/c1-9-11(6-10(7-13)19-9)20(17,18)16(3)8-12-14-4-5-15(12)2/h4-6H,7-8H2,1-3H3. The first-order valence-corrected chi connectivity index (χ1v) is 8.73. The lowest BCUT2D eigenvalue weighted by Gasteiger charge is -2.16. The molecular formula is C12H16ClN3O2S2. The minimum absolute atomic E-state index is 0.233. The fourth-order valence-corrected chi connectivity index (χ4v) is 4.66. The van der Waals surface area contributed by atoms with Gasteiger partial charge in [0.2, 0.25) is 10.0 Å². The molecule has 0 aromatic carbocycles. The summed E-state index contributed by atoms with van der Waals surface area (Å²) in [6.45, 7) is 2.03. The van der Waals surface area contributed by atoms with E-state index in [-0.39, 0.29) is 6.54 Å². The number of aromatic nitrogens is 2. The van der Waals surface area contributed by atoms with Crippen molar-refractivity contribution in [3.63, 3.8) is 0 Å². The van der Waals surface area contributed by atoms with Crippen LogP contribution in [0, 0.1) is 6.92 Å². The molecule has 20 heavy (non-hydrogen) atoms. The molecular weight excluding hydrogens is 318 g/mol. The number of rotatable bonds is 5. The largest absolute Gasteiger partial charge is 0.337 e. The van der Waals surface area contributed by atoms with Gasteiger partial charge in [-0.15, -0.1) is 22.9 Å². The van der Waals surface area contributed by atoms with Crippen LogP contribution in [0.25, 0.3) is 0 Å². The van der Waals surface area contributed by atoms with Gasteiger partial charge in [-0.05, 0) is 13.0 Å². The van der Waals surface area contributed by atoms with Crippen molar-refractivity contribution in [3.8, 4) is 0 Å². The molecule has 0 aliphatic heterocycles. The van der Waals surface area contributed by atoms with Crippen molar-refractivity contribution in [3.05, 3.63) is 34.0 Å². The SMILES string of the molecule is Cc1sc(CCl)cc1S(=O)(=O)N(C)Cc1nccn1C. The van der Waals surface area contributed by atoms with Crippen LogP contribution in [0.4, 0.5) is 0 Å². The van der Waals surface area contributed by atoms with Crippen LogP contribution in [0.3, 0.4) is 0 Å². The Morgan fingerprint density at radius 2 is 2.20 bits per heavy atom. The summed E-state index contributed by atoms with van der Waals surface area (Å²) < 4.78 is 28.3. The highest BCUT2D eigenvalue weighted by molar-refractivity contribution is 7.89. The van der Waals surface area contributed by atoms with Gasteiger partial charge < -0.3 is 4.57 Å². The first-order chi connectivity index (χ1) is 9.36. The van der Waals surface area contributed by atoms with Crippen LogP contribution in [-0.4, -0.2) is 29.3 Å². The maximum absolute atomic E-state index is 12.6. The van der Waals surface area contributed by atoms with Gasteiger partial charge in [0.25, 0.3) is 0 Å². The summed E-state index contributed by atoms with van der Waals surface area (Å²) in [5, 5.41) is 0. The third-order valence-electron chi connectivity index (χ3n) is 3.03. The zero-order chi connectivity index (χ0) is 14.9. The fourth-order valence-electron chi connectivity index (χ4n) is 1.85. The average molecular weight is 334 g/mol. The van der Waals surface area contributed by atoms with Crippen LogP contribution >= 0.6 is 22.9 Å². The summed E-state index contributed by atoms with van der Waals surface area (Å²) in [6, 6.07) is 1.65. The number of hydrogen-bond donors (Lipinski definition) is 0. The number of nitrogens with zero attached hydrogens (tertiary/aromatic N) is 3. The lowest BCUT2D eigenvalue weighted by Crippen LogP contribution is -2.27. The molecule has 0 saturated carbocycles. The minimum Gasteiger partial charge on any atom is -0.337 e. The Morgan fingerprint density at radius 3 is 2.70 bits per heavy atom. The van der Waals surface area contributed by atoms with Gasteiger partial charge in [-0.2, -0.15) is 4.31 Å². The third-order valence-corrected chi connectivity index (χ3v) is 6.58. The molecule has 0 atom stereocenters. The molecule has 2 rings (SSSR count). The van der Waals surface area contributed by atoms with Crippen LogP contribution in [0.15, 0.2) is 23.4 Å². The molecule has 0 aliphatic carbocycles. The van der Waals surface area contributed by atoms with Gasteiger partial charge in [-0.1, -0.05) is 0 Å². The number of sulfonamides is 1. The molecule has 2 aromatic heterocycles. The van der Waals surface area contributed by atoms with Gasteiger partial charge >= 0.3 is 0 Å². The molecule has 0 bridgehead atoms. The Balaban J connectivity index is 2.29. The van der Waals surface area contributed by atoms with E-state index in [0.717, 1.165) is 9.75 Å². The van der Waals surface area contributed by atoms with Gasteiger partial charge in [0.05, 0.1) is 17.3 Å². The Labute approximate surface area is 127 Å². The number of alkyl halides is 1. The molecule has 0 aliphatic rings.